The van der Waals surface area contributed by atoms with Gasteiger partial charge in [0.25, 0.3) is 10.0 Å². The Morgan fingerprint density at radius 2 is 1.87 bits per heavy atom. The summed E-state index contributed by atoms with van der Waals surface area (Å²) in [4.78, 5) is 0.160. The molecule has 0 bridgehead atoms. The van der Waals surface area contributed by atoms with Crippen LogP contribution in [0.25, 0.3) is 0 Å². The van der Waals surface area contributed by atoms with E-state index in [1.54, 1.807) is 37.3 Å². The van der Waals surface area contributed by atoms with Crippen LogP contribution >= 0.6 is 11.6 Å². The normalized spacial score (nSPS) is 13.2. The standard InChI is InChI=1S/C16H16ClNO4S/c1-3-18(12-5-7-15-16(8-12)22-10-21-15)23(19,20)13-6-4-11(2)14(17)9-13/h4-9H,3,10H2,1-2H3. The summed E-state index contributed by atoms with van der Waals surface area (Å²) in [5.41, 5.74) is 1.35. The lowest BCUT2D eigenvalue weighted by molar-refractivity contribution is 0.174. The van der Waals surface area contributed by atoms with Gasteiger partial charge in [0.1, 0.15) is 0 Å². The van der Waals surface area contributed by atoms with E-state index in [4.69, 9.17) is 21.1 Å². The molecule has 0 saturated carbocycles. The molecule has 7 heteroatoms. The molecule has 1 aliphatic rings. The SMILES string of the molecule is CCN(c1ccc2c(c1)OCO2)S(=O)(=O)c1ccc(C)c(Cl)c1. The van der Waals surface area contributed by atoms with Gasteiger partial charge < -0.3 is 9.47 Å². The molecule has 0 fully saturated rings. The average molecular weight is 354 g/mol. The number of hydrogen-bond donors (Lipinski definition) is 0. The lowest BCUT2D eigenvalue weighted by Gasteiger charge is -2.23. The maximum absolute atomic E-state index is 12.9. The first kappa shape index (κ1) is 16.0. The molecule has 0 aliphatic carbocycles. The van der Waals surface area contributed by atoms with E-state index in [0.29, 0.717) is 22.2 Å². The van der Waals surface area contributed by atoms with Crippen LogP contribution in [-0.2, 0) is 10.0 Å². The second kappa shape index (κ2) is 5.94. The first-order chi connectivity index (χ1) is 10.9. The van der Waals surface area contributed by atoms with Crippen molar-refractivity contribution in [1.29, 1.82) is 0 Å². The first-order valence-corrected chi connectivity index (χ1v) is 8.94. The van der Waals surface area contributed by atoms with E-state index in [-0.39, 0.29) is 18.2 Å². The summed E-state index contributed by atoms with van der Waals surface area (Å²) >= 11 is 6.07. The third kappa shape index (κ3) is 2.84. The van der Waals surface area contributed by atoms with Crippen LogP contribution in [0.3, 0.4) is 0 Å². The van der Waals surface area contributed by atoms with Crippen molar-refractivity contribution in [2.24, 2.45) is 0 Å². The van der Waals surface area contributed by atoms with Crippen molar-refractivity contribution in [3.8, 4) is 11.5 Å². The number of fused-ring (bicyclic) bond motifs is 1. The van der Waals surface area contributed by atoms with E-state index in [1.807, 2.05) is 6.92 Å². The van der Waals surface area contributed by atoms with Crippen molar-refractivity contribution in [2.75, 3.05) is 17.6 Å². The molecule has 1 aliphatic heterocycles. The topological polar surface area (TPSA) is 55.8 Å². The van der Waals surface area contributed by atoms with Gasteiger partial charge in [-0.25, -0.2) is 8.42 Å². The zero-order chi connectivity index (χ0) is 16.6. The van der Waals surface area contributed by atoms with Gasteiger partial charge in [0.2, 0.25) is 6.79 Å². The largest absolute Gasteiger partial charge is 0.454 e. The smallest absolute Gasteiger partial charge is 0.264 e. The highest BCUT2D eigenvalue weighted by Crippen LogP contribution is 2.37. The van der Waals surface area contributed by atoms with Crippen LogP contribution in [0.15, 0.2) is 41.3 Å². The third-order valence-electron chi connectivity index (χ3n) is 3.66. The van der Waals surface area contributed by atoms with Gasteiger partial charge >= 0.3 is 0 Å². The Kier molecular flexibility index (Phi) is 4.12. The van der Waals surface area contributed by atoms with Gasteiger partial charge in [-0.15, -0.1) is 0 Å². The quantitative estimate of drug-likeness (QED) is 0.842. The molecule has 23 heavy (non-hydrogen) atoms. The molecule has 5 nitrogen and oxygen atoms in total. The Morgan fingerprint density at radius 3 is 2.57 bits per heavy atom. The van der Waals surface area contributed by atoms with Crippen LogP contribution in [0.2, 0.25) is 5.02 Å². The molecule has 0 N–H and O–H groups in total. The van der Waals surface area contributed by atoms with E-state index in [0.717, 1.165) is 5.56 Å². The molecule has 0 amide bonds. The molecule has 0 spiro atoms. The Balaban J connectivity index is 2.03. The molecule has 1 heterocycles. The summed E-state index contributed by atoms with van der Waals surface area (Å²) in [6, 6.07) is 9.80. The highest BCUT2D eigenvalue weighted by atomic mass is 35.5. The van der Waals surface area contributed by atoms with E-state index in [9.17, 15) is 8.42 Å². The van der Waals surface area contributed by atoms with Crippen molar-refractivity contribution >= 4 is 27.3 Å². The highest BCUT2D eigenvalue weighted by molar-refractivity contribution is 7.92. The van der Waals surface area contributed by atoms with Gasteiger partial charge in [0, 0.05) is 17.6 Å². The summed E-state index contributed by atoms with van der Waals surface area (Å²) < 4.78 is 37.7. The van der Waals surface area contributed by atoms with Crippen LogP contribution in [-0.4, -0.2) is 21.8 Å². The molecule has 2 aromatic carbocycles. The predicted octanol–water partition coefficient (Wildman–Crippen LogP) is 3.59. The van der Waals surface area contributed by atoms with Gasteiger partial charge in [0.15, 0.2) is 11.5 Å². The number of hydrogen-bond acceptors (Lipinski definition) is 4. The fourth-order valence-electron chi connectivity index (χ4n) is 2.39. The van der Waals surface area contributed by atoms with E-state index < -0.39 is 10.0 Å². The summed E-state index contributed by atoms with van der Waals surface area (Å²) in [7, 11) is -3.71. The summed E-state index contributed by atoms with van der Waals surface area (Å²) in [6.45, 7) is 4.03. The molecule has 0 unspecified atom stereocenters. The van der Waals surface area contributed by atoms with Crippen LogP contribution in [0.1, 0.15) is 12.5 Å². The van der Waals surface area contributed by atoms with Crippen molar-refractivity contribution in [2.45, 2.75) is 18.7 Å². The van der Waals surface area contributed by atoms with Crippen LogP contribution in [0.4, 0.5) is 5.69 Å². The lowest BCUT2D eigenvalue weighted by atomic mass is 10.2. The molecular weight excluding hydrogens is 338 g/mol. The lowest BCUT2D eigenvalue weighted by Crippen LogP contribution is -2.30. The van der Waals surface area contributed by atoms with Gasteiger partial charge in [-0.05, 0) is 43.7 Å². The summed E-state index contributed by atoms with van der Waals surface area (Å²) in [5.74, 6) is 1.15. The molecular formula is C16H16ClNO4S. The monoisotopic (exact) mass is 353 g/mol. The van der Waals surface area contributed by atoms with E-state index in [2.05, 4.69) is 0 Å². The van der Waals surface area contributed by atoms with Gasteiger partial charge in [0.05, 0.1) is 10.6 Å². The Morgan fingerprint density at radius 1 is 1.13 bits per heavy atom. The number of anilines is 1. The van der Waals surface area contributed by atoms with E-state index >= 15 is 0 Å². The van der Waals surface area contributed by atoms with Crippen molar-refractivity contribution in [3.05, 3.63) is 47.0 Å². The number of rotatable bonds is 4. The van der Waals surface area contributed by atoms with Crippen molar-refractivity contribution in [3.63, 3.8) is 0 Å². The molecule has 122 valence electrons. The molecule has 3 rings (SSSR count). The predicted molar refractivity (Wildman–Crippen MR) is 89.0 cm³/mol. The van der Waals surface area contributed by atoms with Crippen molar-refractivity contribution in [1.82, 2.24) is 0 Å². The highest BCUT2D eigenvalue weighted by Gasteiger charge is 2.26. The fourth-order valence-corrected chi connectivity index (χ4v) is 4.13. The fraction of sp³-hybridized carbons (Fsp3) is 0.250. The Labute approximate surface area is 140 Å². The number of benzene rings is 2. The zero-order valence-electron chi connectivity index (χ0n) is 12.7. The number of sulfonamides is 1. The van der Waals surface area contributed by atoms with Crippen LogP contribution in [0, 0.1) is 6.92 Å². The maximum atomic E-state index is 12.9. The minimum atomic E-state index is -3.71. The van der Waals surface area contributed by atoms with Crippen LogP contribution < -0.4 is 13.8 Å². The number of halogens is 1. The molecule has 2 aromatic rings. The molecule has 0 atom stereocenters. The van der Waals surface area contributed by atoms with E-state index in [1.165, 1.54) is 10.4 Å². The second-order valence-electron chi connectivity index (χ2n) is 5.12. The minimum absolute atomic E-state index is 0.144. The minimum Gasteiger partial charge on any atom is -0.454 e. The maximum Gasteiger partial charge on any atom is 0.264 e. The van der Waals surface area contributed by atoms with Gasteiger partial charge in [-0.2, -0.15) is 0 Å². The Bertz CT molecular complexity index is 851. The average Bonchev–Trinajstić information content (AvgIpc) is 2.98. The number of ether oxygens (including phenoxy) is 2. The molecule has 0 aromatic heterocycles. The van der Waals surface area contributed by atoms with Gasteiger partial charge in [-0.3, -0.25) is 4.31 Å². The summed E-state index contributed by atoms with van der Waals surface area (Å²) in [5, 5.41) is 0.424. The number of nitrogens with zero attached hydrogens (tertiary/aromatic N) is 1. The molecule has 0 saturated heterocycles. The summed E-state index contributed by atoms with van der Waals surface area (Å²) in [6.07, 6.45) is 0. The van der Waals surface area contributed by atoms with Crippen LogP contribution in [0.5, 0.6) is 11.5 Å². The second-order valence-corrected chi connectivity index (χ2v) is 7.39. The third-order valence-corrected chi connectivity index (χ3v) is 5.97. The van der Waals surface area contributed by atoms with Gasteiger partial charge in [-0.1, -0.05) is 17.7 Å². The zero-order valence-corrected chi connectivity index (χ0v) is 14.3. The molecule has 0 radical (unpaired) electrons. The first-order valence-electron chi connectivity index (χ1n) is 7.12. The Hall–Kier alpha value is -1.92. The van der Waals surface area contributed by atoms with Crippen molar-refractivity contribution < 1.29 is 17.9 Å². The number of aryl methyl sites for hydroxylation is 1.